The Hall–Kier alpha value is -2.34. The van der Waals surface area contributed by atoms with Gasteiger partial charge < -0.3 is 9.73 Å². The standard InChI is InChI=1S/C19H28N4O2/c1-6-23(7-2)17(18-9-8-12-25-18)13-20-19(24)11-10-16-14(3)21-22(5)15(16)4/h8-12,17H,6-7,13H2,1-5H3,(H,20,24)/b11-10+. The van der Waals surface area contributed by atoms with Gasteiger partial charge in [0.15, 0.2) is 0 Å². The molecule has 6 heteroatoms. The Morgan fingerprint density at radius 3 is 2.64 bits per heavy atom. The topological polar surface area (TPSA) is 63.3 Å². The smallest absolute Gasteiger partial charge is 0.244 e. The van der Waals surface area contributed by atoms with Crippen LogP contribution >= 0.6 is 0 Å². The van der Waals surface area contributed by atoms with E-state index in [0.717, 1.165) is 35.8 Å². The molecule has 6 nitrogen and oxygen atoms in total. The largest absolute Gasteiger partial charge is 0.468 e. The quantitative estimate of drug-likeness (QED) is 0.748. The maximum absolute atomic E-state index is 12.2. The van der Waals surface area contributed by atoms with Crippen LogP contribution in [0.3, 0.4) is 0 Å². The normalized spacial score (nSPS) is 12.9. The zero-order valence-corrected chi connectivity index (χ0v) is 15.7. The number of amides is 1. The van der Waals surface area contributed by atoms with E-state index in [1.165, 1.54) is 0 Å². The molecule has 25 heavy (non-hydrogen) atoms. The van der Waals surface area contributed by atoms with Crippen molar-refractivity contribution in [2.45, 2.75) is 33.7 Å². The molecule has 0 saturated heterocycles. The molecule has 2 aromatic heterocycles. The minimum absolute atomic E-state index is 0.0317. The maximum atomic E-state index is 12.2. The number of aromatic nitrogens is 2. The molecule has 0 saturated carbocycles. The Kier molecular flexibility index (Phi) is 6.58. The molecule has 1 atom stereocenters. The Balaban J connectivity index is 2.02. The SMILES string of the molecule is CCN(CC)C(CNC(=O)/C=C/c1c(C)nn(C)c1C)c1ccco1. The Labute approximate surface area is 149 Å². The number of nitrogens with one attached hydrogen (secondary N) is 1. The molecular formula is C19H28N4O2. The van der Waals surface area contributed by atoms with Crippen molar-refractivity contribution in [1.29, 1.82) is 0 Å². The lowest BCUT2D eigenvalue weighted by Crippen LogP contribution is -2.37. The highest BCUT2D eigenvalue weighted by molar-refractivity contribution is 5.92. The highest BCUT2D eigenvalue weighted by atomic mass is 16.3. The molecule has 0 aliphatic carbocycles. The number of furan rings is 1. The van der Waals surface area contributed by atoms with E-state index in [2.05, 4.69) is 29.2 Å². The van der Waals surface area contributed by atoms with Crippen molar-refractivity contribution in [2.75, 3.05) is 19.6 Å². The van der Waals surface area contributed by atoms with E-state index in [-0.39, 0.29) is 11.9 Å². The first-order chi connectivity index (χ1) is 12.0. The zero-order chi connectivity index (χ0) is 18.4. The number of carbonyl (C=O) groups is 1. The molecule has 1 amide bonds. The summed E-state index contributed by atoms with van der Waals surface area (Å²) in [5.74, 6) is 0.748. The van der Waals surface area contributed by atoms with Gasteiger partial charge in [0.25, 0.3) is 0 Å². The number of aryl methyl sites for hydroxylation is 2. The lowest BCUT2D eigenvalue weighted by Gasteiger charge is -2.28. The minimum Gasteiger partial charge on any atom is -0.468 e. The molecular weight excluding hydrogens is 316 g/mol. The molecule has 0 aliphatic rings. The molecule has 2 rings (SSSR count). The first kappa shape index (κ1) is 19.0. The van der Waals surface area contributed by atoms with E-state index in [1.54, 1.807) is 12.3 Å². The fourth-order valence-electron chi connectivity index (χ4n) is 3.00. The Morgan fingerprint density at radius 1 is 1.40 bits per heavy atom. The van der Waals surface area contributed by atoms with Crippen LogP contribution in [0.2, 0.25) is 0 Å². The molecule has 2 heterocycles. The third-order valence-electron chi connectivity index (χ3n) is 4.56. The number of rotatable bonds is 8. The molecule has 0 fully saturated rings. The second-order valence-electron chi connectivity index (χ2n) is 6.04. The van der Waals surface area contributed by atoms with Crippen molar-refractivity contribution in [3.63, 3.8) is 0 Å². The summed E-state index contributed by atoms with van der Waals surface area (Å²) in [5, 5.41) is 7.34. The molecule has 2 aromatic rings. The summed E-state index contributed by atoms with van der Waals surface area (Å²) < 4.78 is 7.37. The van der Waals surface area contributed by atoms with E-state index in [0.29, 0.717) is 6.54 Å². The predicted octanol–water partition coefficient (Wildman–Crippen LogP) is 2.84. The van der Waals surface area contributed by atoms with Gasteiger partial charge in [0.05, 0.1) is 18.0 Å². The summed E-state index contributed by atoms with van der Waals surface area (Å²) in [6.45, 7) is 10.4. The number of nitrogens with zero attached hydrogens (tertiary/aromatic N) is 3. The maximum Gasteiger partial charge on any atom is 0.244 e. The van der Waals surface area contributed by atoms with Gasteiger partial charge in [-0.25, -0.2) is 0 Å². The lowest BCUT2D eigenvalue weighted by molar-refractivity contribution is -0.116. The Bertz CT molecular complexity index is 712. The van der Waals surface area contributed by atoms with Crippen LogP contribution in [0.5, 0.6) is 0 Å². The average molecular weight is 344 g/mol. The van der Waals surface area contributed by atoms with E-state index < -0.39 is 0 Å². The van der Waals surface area contributed by atoms with E-state index in [4.69, 9.17) is 4.42 Å². The van der Waals surface area contributed by atoms with Crippen molar-refractivity contribution in [2.24, 2.45) is 7.05 Å². The van der Waals surface area contributed by atoms with Gasteiger partial charge >= 0.3 is 0 Å². The van der Waals surface area contributed by atoms with Crippen LogP contribution in [-0.2, 0) is 11.8 Å². The van der Waals surface area contributed by atoms with Gasteiger partial charge in [-0.2, -0.15) is 5.10 Å². The molecule has 136 valence electrons. The van der Waals surface area contributed by atoms with Gasteiger partial charge in [-0.1, -0.05) is 13.8 Å². The first-order valence-electron chi connectivity index (χ1n) is 8.71. The van der Waals surface area contributed by atoms with E-state index in [1.807, 2.05) is 43.8 Å². The van der Waals surface area contributed by atoms with Crippen LogP contribution in [0.1, 0.15) is 42.6 Å². The fourth-order valence-corrected chi connectivity index (χ4v) is 3.00. The van der Waals surface area contributed by atoms with Gasteiger partial charge in [0, 0.05) is 30.9 Å². The zero-order valence-electron chi connectivity index (χ0n) is 15.7. The number of hydrogen-bond donors (Lipinski definition) is 1. The highest BCUT2D eigenvalue weighted by Gasteiger charge is 2.20. The molecule has 0 spiro atoms. The second-order valence-corrected chi connectivity index (χ2v) is 6.04. The summed E-state index contributed by atoms with van der Waals surface area (Å²) in [6.07, 6.45) is 5.06. The van der Waals surface area contributed by atoms with Gasteiger partial charge in [-0.05, 0) is 45.1 Å². The summed E-state index contributed by atoms with van der Waals surface area (Å²) in [4.78, 5) is 14.5. The van der Waals surface area contributed by atoms with Crippen molar-refractivity contribution >= 4 is 12.0 Å². The molecule has 0 bridgehead atoms. The predicted molar refractivity (Wildman–Crippen MR) is 99.1 cm³/mol. The van der Waals surface area contributed by atoms with Crippen LogP contribution in [0.15, 0.2) is 28.9 Å². The third-order valence-corrected chi connectivity index (χ3v) is 4.56. The van der Waals surface area contributed by atoms with Crippen LogP contribution < -0.4 is 5.32 Å². The third kappa shape index (κ3) is 4.60. The summed E-state index contributed by atoms with van der Waals surface area (Å²) in [5.41, 5.74) is 2.95. The monoisotopic (exact) mass is 344 g/mol. The van der Waals surface area contributed by atoms with E-state index in [9.17, 15) is 4.79 Å². The van der Waals surface area contributed by atoms with Crippen LogP contribution in [0.25, 0.3) is 6.08 Å². The highest BCUT2D eigenvalue weighted by Crippen LogP contribution is 2.20. The summed E-state index contributed by atoms with van der Waals surface area (Å²) in [7, 11) is 1.90. The summed E-state index contributed by atoms with van der Waals surface area (Å²) >= 11 is 0. The minimum atomic E-state index is -0.119. The van der Waals surface area contributed by atoms with Crippen LogP contribution in [0, 0.1) is 13.8 Å². The molecule has 0 radical (unpaired) electrons. The molecule has 0 aromatic carbocycles. The van der Waals surface area contributed by atoms with Crippen molar-refractivity contribution in [3.8, 4) is 0 Å². The second kappa shape index (κ2) is 8.67. The molecule has 1 N–H and O–H groups in total. The van der Waals surface area contributed by atoms with Crippen molar-refractivity contribution < 1.29 is 9.21 Å². The average Bonchev–Trinajstić information content (AvgIpc) is 3.19. The van der Waals surface area contributed by atoms with Gasteiger partial charge in [-0.15, -0.1) is 0 Å². The van der Waals surface area contributed by atoms with Crippen molar-refractivity contribution in [1.82, 2.24) is 20.0 Å². The van der Waals surface area contributed by atoms with Crippen molar-refractivity contribution in [3.05, 3.63) is 47.2 Å². The number of hydrogen-bond acceptors (Lipinski definition) is 4. The Morgan fingerprint density at radius 2 is 2.12 bits per heavy atom. The van der Waals surface area contributed by atoms with E-state index >= 15 is 0 Å². The summed E-state index contributed by atoms with van der Waals surface area (Å²) in [6, 6.07) is 3.86. The fraction of sp³-hybridized carbons (Fsp3) is 0.474. The van der Waals surface area contributed by atoms with Crippen LogP contribution in [0.4, 0.5) is 0 Å². The van der Waals surface area contributed by atoms with Gasteiger partial charge in [0.2, 0.25) is 5.91 Å². The van der Waals surface area contributed by atoms with Crippen LogP contribution in [-0.4, -0.2) is 40.2 Å². The number of carbonyl (C=O) groups excluding carboxylic acids is 1. The molecule has 1 unspecified atom stereocenters. The van der Waals surface area contributed by atoms with Gasteiger partial charge in [0.1, 0.15) is 5.76 Å². The lowest BCUT2D eigenvalue weighted by atomic mass is 10.1. The number of likely N-dealkylation sites (N-methyl/N-ethyl adjacent to an activating group) is 1. The molecule has 0 aliphatic heterocycles. The first-order valence-corrected chi connectivity index (χ1v) is 8.71. The van der Waals surface area contributed by atoms with Gasteiger partial charge in [-0.3, -0.25) is 14.4 Å².